The van der Waals surface area contributed by atoms with E-state index in [4.69, 9.17) is 19.3 Å². The molecule has 2 N–H and O–H groups in total. The van der Waals surface area contributed by atoms with Crippen LogP contribution < -0.4 is 0 Å². The Labute approximate surface area is 204 Å². The number of hydrogen-bond donors (Lipinski definition) is 2. The summed E-state index contributed by atoms with van der Waals surface area (Å²) in [6.07, 6.45) is 5.65. The molecule has 2 atom stereocenters. The Kier molecular flexibility index (Phi) is 21.7. The average molecular weight is 515 g/mol. The summed E-state index contributed by atoms with van der Waals surface area (Å²) < 4.78 is 19.1. The number of hydrogen-bond acceptors (Lipinski definition) is 12. The smallest absolute Gasteiger partial charge is 0.306 e. The minimum Gasteiger partial charge on any atom is -0.463 e. The molecule has 12 heteroatoms. The van der Waals surface area contributed by atoms with Gasteiger partial charge in [0.2, 0.25) is 0 Å². The summed E-state index contributed by atoms with van der Waals surface area (Å²) in [5.74, 6) is -1.22. The maximum atomic E-state index is 11.9. The van der Waals surface area contributed by atoms with Gasteiger partial charge in [-0.3, -0.25) is 14.4 Å². The molecule has 10 nitrogen and oxygen atoms in total. The molecule has 0 aliphatic heterocycles. The van der Waals surface area contributed by atoms with E-state index in [-0.39, 0.29) is 42.7 Å². The van der Waals surface area contributed by atoms with E-state index in [1.807, 2.05) is 12.5 Å². The third-order valence-corrected chi connectivity index (χ3v) is 7.63. The second-order valence-electron chi connectivity index (χ2n) is 6.70. The molecule has 33 heavy (non-hydrogen) atoms. The van der Waals surface area contributed by atoms with E-state index in [1.54, 1.807) is 30.4 Å². The van der Waals surface area contributed by atoms with Gasteiger partial charge in [0.15, 0.2) is 6.10 Å². The van der Waals surface area contributed by atoms with Gasteiger partial charge in [0, 0.05) is 33.3 Å². The molecule has 0 amide bonds. The van der Waals surface area contributed by atoms with Crippen LogP contribution in [0.15, 0.2) is 0 Å². The summed E-state index contributed by atoms with van der Waals surface area (Å²) in [6.45, 7) is 2.41. The zero-order chi connectivity index (χ0) is 25.7. The lowest BCUT2D eigenvalue weighted by Gasteiger charge is -2.29. The Morgan fingerprint density at radius 2 is 1.55 bits per heavy atom. The van der Waals surface area contributed by atoms with Gasteiger partial charge in [0.25, 0.3) is 0 Å². The lowest BCUT2D eigenvalue weighted by molar-refractivity contribution is -0.161. The topological polar surface area (TPSA) is 146 Å². The quantitative estimate of drug-likeness (QED) is 0.126. The standard InChI is InChI=1S/C15H26O6S2.C6H12O4/c1-4-13(18)20-11-12(10-17)21-14(19)6-8-15(22-2,23-3)7-5-9-16;1-5(8)10-4-6(3-7)9-2/h9,12,17H,4-8,10-11H2,1-3H3;6-7H,3-4H2,1-2H3. The van der Waals surface area contributed by atoms with E-state index in [0.29, 0.717) is 19.3 Å². The van der Waals surface area contributed by atoms with Crippen molar-refractivity contribution in [2.45, 2.75) is 62.2 Å². The largest absolute Gasteiger partial charge is 0.463 e. The van der Waals surface area contributed by atoms with Crippen LogP contribution in [0.5, 0.6) is 0 Å². The van der Waals surface area contributed by atoms with Crippen LogP contribution in [-0.4, -0.2) is 96.7 Å². The van der Waals surface area contributed by atoms with Crippen molar-refractivity contribution in [3.8, 4) is 0 Å². The van der Waals surface area contributed by atoms with E-state index in [9.17, 15) is 24.3 Å². The number of rotatable bonds is 17. The van der Waals surface area contributed by atoms with Crippen molar-refractivity contribution in [1.82, 2.24) is 0 Å². The van der Waals surface area contributed by atoms with Gasteiger partial charge in [0.05, 0.1) is 17.3 Å². The number of aldehydes is 1. The Balaban J connectivity index is 0. The molecule has 0 radical (unpaired) electrons. The number of esters is 3. The van der Waals surface area contributed by atoms with Gasteiger partial charge in [0.1, 0.15) is 25.6 Å². The van der Waals surface area contributed by atoms with Crippen LogP contribution in [0.1, 0.15) is 46.0 Å². The number of carbonyl (C=O) groups is 4. The summed E-state index contributed by atoms with van der Waals surface area (Å²) >= 11 is 3.24. The number of carbonyl (C=O) groups excluding carboxylic acids is 4. The molecule has 0 bridgehead atoms. The molecule has 0 aliphatic rings. The van der Waals surface area contributed by atoms with Crippen molar-refractivity contribution in [2.75, 3.05) is 46.0 Å². The first-order chi connectivity index (χ1) is 15.7. The van der Waals surface area contributed by atoms with Crippen molar-refractivity contribution < 1.29 is 48.3 Å². The Hall–Kier alpha value is -1.34. The van der Waals surface area contributed by atoms with Crippen LogP contribution in [0.4, 0.5) is 0 Å². The van der Waals surface area contributed by atoms with Crippen molar-refractivity contribution in [1.29, 1.82) is 0 Å². The molecule has 0 aliphatic carbocycles. The van der Waals surface area contributed by atoms with Crippen LogP contribution >= 0.6 is 23.5 Å². The number of aliphatic hydroxyl groups excluding tert-OH is 2. The zero-order valence-corrected chi connectivity index (χ0v) is 21.7. The molecule has 0 heterocycles. The molecule has 194 valence electrons. The highest BCUT2D eigenvalue weighted by molar-refractivity contribution is 8.17. The number of thioether (sulfide) groups is 2. The molecule has 0 spiro atoms. The fraction of sp³-hybridized carbons (Fsp3) is 0.810. The van der Waals surface area contributed by atoms with Crippen LogP contribution in [-0.2, 0) is 38.1 Å². The Bertz CT molecular complexity index is 551. The van der Waals surface area contributed by atoms with Crippen molar-refractivity contribution in [2.24, 2.45) is 0 Å². The van der Waals surface area contributed by atoms with E-state index in [1.165, 1.54) is 14.0 Å². The third kappa shape index (κ3) is 17.8. The molecule has 0 saturated carbocycles. The molecule has 2 unspecified atom stereocenters. The van der Waals surface area contributed by atoms with Crippen LogP contribution in [0.3, 0.4) is 0 Å². The second-order valence-corrected chi connectivity index (χ2v) is 9.34. The highest BCUT2D eigenvalue weighted by Crippen LogP contribution is 2.42. The highest BCUT2D eigenvalue weighted by atomic mass is 32.2. The summed E-state index contributed by atoms with van der Waals surface area (Å²) in [5.41, 5.74) is 0. The normalized spacial score (nSPS) is 12.6. The lowest BCUT2D eigenvalue weighted by atomic mass is 10.1. The molecule has 0 aromatic carbocycles. The number of aliphatic hydroxyl groups is 2. The summed E-state index contributed by atoms with van der Waals surface area (Å²) in [4.78, 5) is 43.8. The Morgan fingerprint density at radius 1 is 0.970 bits per heavy atom. The monoisotopic (exact) mass is 514 g/mol. The van der Waals surface area contributed by atoms with Crippen molar-refractivity contribution in [3.63, 3.8) is 0 Å². The van der Waals surface area contributed by atoms with Gasteiger partial charge in [-0.1, -0.05) is 6.92 Å². The van der Waals surface area contributed by atoms with Crippen molar-refractivity contribution in [3.05, 3.63) is 0 Å². The first kappa shape index (κ1) is 33.8. The van der Waals surface area contributed by atoms with Crippen LogP contribution in [0, 0.1) is 0 Å². The second kappa shape index (κ2) is 21.2. The van der Waals surface area contributed by atoms with Gasteiger partial charge in [-0.2, -0.15) is 0 Å². The van der Waals surface area contributed by atoms with Gasteiger partial charge >= 0.3 is 17.9 Å². The molecule has 0 aromatic heterocycles. The van der Waals surface area contributed by atoms with Gasteiger partial charge < -0.3 is 34.0 Å². The average Bonchev–Trinajstić information content (AvgIpc) is 2.82. The zero-order valence-electron chi connectivity index (χ0n) is 20.1. The van der Waals surface area contributed by atoms with Crippen LogP contribution in [0.2, 0.25) is 0 Å². The SMILES string of the molecule is CCC(=O)OCC(CO)OC(=O)CCC(CCC=O)(SC)SC.COC(CO)COC(C)=O. The molecule has 0 fully saturated rings. The minimum atomic E-state index is -0.842. The third-order valence-electron chi connectivity index (χ3n) is 4.33. The summed E-state index contributed by atoms with van der Waals surface area (Å²) in [5, 5.41) is 17.7. The molecular weight excluding hydrogens is 476 g/mol. The van der Waals surface area contributed by atoms with Gasteiger partial charge in [-0.15, -0.1) is 23.5 Å². The van der Waals surface area contributed by atoms with E-state index >= 15 is 0 Å². The van der Waals surface area contributed by atoms with E-state index in [0.717, 1.165) is 6.29 Å². The van der Waals surface area contributed by atoms with E-state index < -0.39 is 30.8 Å². The maximum absolute atomic E-state index is 11.9. The first-order valence-corrected chi connectivity index (χ1v) is 12.9. The predicted octanol–water partition coefficient (Wildman–Crippen LogP) is 1.58. The van der Waals surface area contributed by atoms with Gasteiger partial charge in [-0.25, -0.2) is 0 Å². The fourth-order valence-electron chi connectivity index (χ4n) is 2.25. The first-order valence-electron chi connectivity index (χ1n) is 10.4. The summed E-state index contributed by atoms with van der Waals surface area (Å²) in [6, 6.07) is 0. The van der Waals surface area contributed by atoms with Gasteiger partial charge in [-0.05, 0) is 25.4 Å². The minimum absolute atomic E-state index is 0.113. The molecular formula is C21H38O10S2. The Morgan fingerprint density at radius 3 is 1.97 bits per heavy atom. The molecule has 0 aromatic rings. The molecule has 0 saturated heterocycles. The molecule has 0 rings (SSSR count). The van der Waals surface area contributed by atoms with E-state index in [2.05, 4.69) is 4.74 Å². The highest BCUT2D eigenvalue weighted by Gasteiger charge is 2.29. The summed E-state index contributed by atoms with van der Waals surface area (Å²) in [7, 11) is 1.45. The fourth-order valence-corrected chi connectivity index (χ4v) is 4.17. The number of ether oxygens (including phenoxy) is 4. The maximum Gasteiger partial charge on any atom is 0.306 e. The lowest BCUT2D eigenvalue weighted by Crippen LogP contribution is -2.29. The van der Waals surface area contributed by atoms with Crippen molar-refractivity contribution >= 4 is 47.7 Å². The predicted molar refractivity (Wildman–Crippen MR) is 127 cm³/mol. The number of methoxy groups -OCH3 is 1. The van der Waals surface area contributed by atoms with Crippen LogP contribution in [0.25, 0.3) is 0 Å².